The molecule has 4 rings (SSSR count). The molecule has 0 aromatic carbocycles. The highest BCUT2D eigenvalue weighted by Gasteiger charge is 2.51. The Hall–Kier alpha value is -2.47. The first-order valence-corrected chi connectivity index (χ1v) is 12.4. The third-order valence-corrected chi connectivity index (χ3v) is 8.80. The number of imide groups is 1. The second kappa shape index (κ2) is 8.47. The standard InChI is InChI=1S/C20H29N5O6S/c1-14-17(15(2)31-22-14)32(29,30)24-11-9-23(10-12-24)16(26)13-25-18(27)20(21-19(25)28)7-5-3-4-6-8-20/h3-13H2,1-2H3,(H,21,28). The molecule has 1 aromatic heterocycles. The molecule has 3 heterocycles. The Bertz CT molecular complexity index is 1000. The molecule has 1 spiro atoms. The Labute approximate surface area is 187 Å². The first-order chi connectivity index (χ1) is 15.2. The van der Waals surface area contributed by atoms with Crippen LogP contribution in [0.25, 0.3) is 0 Å². The summed E-state index contributed by atoms with van der Waals surface area (Å²) in [4.78, 5) is 40.9. The van der Waals surface area contributed by atoms with Crippen molar-refractivity contribution in [2.24, 2.45) is 0 Å². The van der Waals surface area contributed by atoms with Crippen LogP contribution in [0.2, 0.25) is 0 Å². The van der Waals surface area contributed by atoms with E-state index < -0.39 is 21.6 Å². The summed E-state index contributed by atoms with van der Waals surface area (Å²) in [7, 11) is -3.78. The highest BCUT2D eigenvalue weighted by Crippen LogP contribution is 2.32. The van der Waals surface area contributed by atoms with Crippen LogP contribution in [0.3, 0.4) is 0 Å². The average molecular weight is 468 g/mol. The topological polar surface area (TPSA) is 133 Å². The number of hydrogen-bond acceptors (Lipinski definition) is 7. The zero-order valence-corrected chi connectivity index (χ0v) is 19.2. The smallest absolute Gasteiger partial charge is 0.325 e. The number of sulfonamides is 1. The lowest BCUT2D eigenvalue weighted by Gasteiger charge is -2.34. The Morgan fingerprint density at radius 2 is 1.69 bits per heavy atom. The van der Waals surface area contributed by atoms with E-state index in [1.807, 2.05) is 0 Å². The van der Waals surface area contributed by atoms with E-state index in [1.165, 1.54) is 9.21 Å². The van der Waals surface area contributed by atoms with Gasteiger partial charge in [-0.05, 0) is 26.7 Å². The summed E-state index contributed by atoms with van der Waals surface area (Å²) < 4.78 is 32.2. The predicted octanol–water partition coefficient (Wildman–Crippen LogP) is 0.769. The quantitative estimate of drug-likeness (QED) is 0.647. The van der Waals surface area contributed by atoms with Crippen LogP contribution in [-0.2, 0) is 19.6 Å². The fraction of sp³-hybridized carbons (Fsp3) is 0.700. The number of hydrogen-bond donors (Lipinski definition) is 1. The molecule has 0 bridgehead atoms. The van der Waals surface area contributed by atoms with Crippen LogP contribution in [0.15, 0.2) is 9.42 Å². The maximum Gasteiger partial charge on any atom is 0.325 e. The van der Waals surface area contributed by atoms with Crippen molar-refractivity contribution in [1.29, 1.82) is 0 Å². The number of urea groups is 1. The monoisotopic (exact) mass is 467 g/mol. The van der Waals surface area contributed by atoms with E-state index in [2.05, 4.69) is 10.5 Å². The summed E-state index contributed by atoms with van der Waals surface area (Å²) in [5, 5.41) is 6.55. The molecule has 4 amide bonds. The summed E-state index contributed by atoms with van der Waals surface area (Å²) >= 11 is 0. The normalized spacial score (nSPS) is 22.3. The first kappa shape index (κ1) is 22.7. The van der Waals surface area contributed by atoms with Gasteiger partial charge in [0.25, 0.3) is 5.91 Å². The van der Waals surface area contributed by atoms with Gasteiger partial charge in [0.05, 0.1) is 0 Å². The van der Waals surface area contributed by atoms with Gasteiger partial charge in [0.15, 0.2) is 5.76 Å². The van der Waals surface area contributed by atoms with Crippen LogP contribution >= 0.6 is 0 Å². The molecule has 1 aromatic rings. The van der Waals surface area contributed by atoms with Gasteiger partial charge in [-0.15, -0.1) is 0 Å². The number of nitrogens with zero attached hydrogens (tertiary/aromatic N) is 4. The molecular formula is C20H29N5O6S. The molecule has 2 aliphatic heterocycles. The zero-order valence-electron chi connectivity index (χ0n) is 18.4. The van der Waals surface area contributed by atoms with Crippen molar-refractivity contribution in [3.63, 3.8) is 0 Å². The van der Waals surface area contributed by atoms with Gasteiger partial charge in [-0.1, -0.05) is 30.8 Å². The SMILES string of the molecule is Cc1noc(C)c1S(=O)(=O)N1CCN(C(=O)CN2C(=O)NC3(CCCCCC3)C2=O)CC1. The van der Waals surface area contributed by atoms with E-state index >= 15 is 0 Å². The Morgan fingerprint density at radius 1 is 1.06 bits per heavy atom. The second-order valence-corrected chi connectivity index (χ2v) is 10.6. The van der Waals surface area contributed by atoms with Gasteiger partial charge in [0, 0.05) is 26.2 Å². The summed E-state index contributed by atoms with van der Waals surface area (Å²) in [6.07, 6.45) is 5.00. The van der Waals surface area contributed by atoms with Crippen LogP contribution in [0.1, 0.15) is 50.0 Å². The molecule has 2 saturated heterocycles. The van der Waals surface area contributed by atoms with Crippen LogP contribution < -0.4 is 5.32 Å². The van der Waals surface area contributed by atoms with Crippen molar-refractivity contribution < 1.29 is 27.3 Å². The van der Waals surface area contributed by atoms with Crippen molar-refractivity contribution >= 4 is 27.9 Å². The minimum absolute atomic E-state index is 0.0605. The molecule has 1 aliphatic carbocycles. The average Bonchev–Trinajstić information content (AvgIpc) is 3.09. The van der Waals surface area contributed by atoms with Crippen LogP contribution in [0.4, 0.5) is 4.79 Å². The predicted molar refractivity (Wildman–Crippen MR) is 112 cm³/mol. The molecule has 11 nitrogen and oxygen atoms in total. The van der Waals surface area contributed by atoms with E-state index in [0.29, 0.717) is 18.5 Å². The zero-order chi connectivity index (χ0) is 23.1. The molecule has 0 unspecified atom stereocenters. The number of nitrogens with one attached hydrogen (secondary N) is 1. The number of aromatic nitrogens is 1. The van der Waals surface area contributed by atoms with Gasteiger partial charge in [-0.25, -0.2) is 13.2 Å². The van der Waals surface area contributed by atoms with E-state index in [1.54, 1.807) is 13.8 Å². The Kier molecular flexibility index (Phi) is 6.01. The molecule has 3 aliphatic rings. The summed E-state index contributed by atoms with van der Waals surface area (Å²) in [6, 6.07) is -0.523. The van der Waals surface area contributed by atoms with Crippen molar-refractivity contribution in [3.05, 3.63) is 11.5 Å². The number of rotatable bonds is 4. The minimum atomic E-state index is -3.78. The maximum atomic E-state index is 13.0. The summed E-state index contributed by atoms with van der Waals surface area (Å²) in [5.41, 5.74) is -0.582. The maximum absolute atomic E-state index is 13.0. The number of carbonyl (C=O) groups excluding carboxylic acids is 3. The molecule has 3 fully saturated rings. The lowest BCUT2D eigenvalue weighted by Crippen LogP contribution is -2.53. The lowest BCUT2D eigenvalue weighted by molar-refractivity contribution is -0.139. The van der Waals surface area contributed by atoms with Gasteiger partial charge >= 0.3 is 6.03 Å². The number of carbonyl (C=O) groups is 3. The summed E-state index contributed by atoms with van der Waals surface area (Å²) in [5.74, 6) is -0.460. The number of amides is 4. The van der Waals surface area contributed by atoms with Crippen LogP contribution in [0, 0.1) is 13.8 Å². The van der Waals surface area contributed by atoms with Gasteiger partial charge < -0.3 is 14.7 Å². The molecule has 12 heteroatoms. The highest BCUT2D eigenvalue weighted by atomic mass is 32.2. The molecule has 32 heavy (non-hydrogen) atoms. The molecule has 0 radical (unpaired) electrons. The van der Waals surface area contributed by atoms with Gasteiger partial charge in [0.1, 0.15) is 22.7 Å². The lowest BCUT2D eigenvalue weighted by atomic mass is 9.90. The Morgan fingerprint density at radius 3 is 2.25 bits per heavy atom. The van der Waals surface area contributed by atoms with E-state index in [4.69, 9.17) is 4.52 Å². The van der Waals surface area contributed by atoms with Crippen molar-refractivity contribution in [1.82, 2.24) is 24.6 Å². The van der Waals surface area contributed by atoms with Crippen molar-refractivity contribution in [3.8, 4) is 0 Å². The molecule has 1 N–H and O–H groups in total. The fourth-order valence-corrected chi connectivity index (χ4v) is 6.59. The van der Waals surface area contributed by atoms with E-state index in [-0.39, 0.29) is 55.2 Å². The largest absolute Gasteiger partial charge is 0.360 e. The molecule has 1 saturated carbocycles. The van der Waals surface area contributed by atoms with Crippen molar-refractivity contribution in [2.75, 3.05) is 32.7 Å². The molecule has 0 atom stereocenters. The Balaban J connectivity index is 1.38. The third-order valence-electron chi connectivity index (χ3n) is 6.65. The summed E-state index contributed by atoms with van der Waals surface area (Å²) in [6.45, 7) is 3.37. The van der Waals surface area contributed by atoms with Crippen molar-refractivity contribution in [2.45, 2.75) is 62.8 Å². The fourth-order valence-electron chi connectivity index (χ4n) is 4.88. The van der Waals surface area contributed by atoms with Crippen LogP contribution in [0.5, 0.6) is 0 Å². The number of aryl methyl sites for hydroxylation is 2. The van der Waals surface area contributed by atoms with E-state index in [0.717, 1.165) is 30.6 Å². The van der Waals surface area contributed by atoms with Gasteiger partial charge in [-0.3, -0.25) is 14.5 Å². The van der Waals surface area contributed by atoms with Gasteiger partial charge in [0.2, 0.25) is 15.9 Å². The second-order valence-electron chi connectivity index (χ2n) is 8.76. The molecular weight excluding hydrogens is 438 g/mol. The van der Waals surface area contributed by atoms with Gasteiger partial charge in [-0.2, -0.15) is 4.31 Å². The number of piperazine rings is 1. The first-order valence-electron chi connectivity index (χ1n) is 11.0. The molecule has 176 valence electrons. The third kappa shape index (κ3) is 3.90. The minimum Gasteiger partial charge on any atom is -0.360 e. The van der Waals surface area contributed by atoms with Crippen LogP contribution in [-0.4, -0.2) is 83.8 Å². The highest BCUT2D eigenvalue weighted by molar-refractivity contribution is 7.89. The van der Waals surface area contributed by atoms with E-state index in [9.17, 15) is 22.8 Å².